The molecule has 3 nitrogen and oxygen atoms in total. The first-order valence-electron chi connectivity index (χ1n) is 5.14. The molecular formula is C11H19BNO2. The first-order chi connectivity index (χ1) is 7.28. The van der Waals surface area contributed by atoms with Gasteiger partial charge in [-0.15, -0.1) is 0 Å². The van der Waals surface area contributed by atoms with Crippen molar-refractivity contribution < 1.29 is 10.0 Å². The molecular weight excluding hydrogens is 189 g/mol. The van der Waals surface area contributed by atoms with Crippen LogP contribution >= 0.6 is 0 Å². The Morgan fingerprint density at radius 3 is 1.93 bits per heavy atom. The summed E-state index contributed by atoms with van der Waals surface area (Å²) in [6.45, 7) is 7.74. The summed E-state index contributed by atoms with van der Waals surface area (Å²) in [6, 6.07) is 10.6. The summed E-state index contributed by atoms with van der Waals surface area (Å²) in [5.41, 5.74) is 1.40. The van der Waals surface area contributed by atoms with Gasteiger partial charge in [-0.3, -0.25) is 4.90 Å². The third-order valence-electron chi connectivity index (χ3n) is 2.14. The van der Waals surface area contributed by atoms with Crippen molar-refractivity contribution in [3.63, 3.8) is 0 Å². The smallest absolute Gasteiger partial charge is 0.429 e. The first kappa shape index (κ1) is 14.2. The fourth-order valence-corrected chi connectivity index (χ4v) is 1.29. The summed E-state index contributed by atoms with van der Waals surface area (Å²) in [4.78, 5) is 2.41. The van der Waals surface area contributed by atoms with Crippen molar-refractivity contribution in [3.05, 3.63) is 35.9 Å². The second kappa shape index (κ2) is 9.71. The van der Waals surface area contributed by atoms with Crippen molar-refractivity contribution >= 4 is 7.69 Å². The Hall–Kier alpha value is -0.835. The van der Waals surface area contributed by atoms with Crippen molar-refractivity contribution in [2.75, 3.05) is 13.1 Å². The van der Waals surface area contributed by atoms with Gasteiger partial charge in [0, 0.05) is 6.54 Å². The summed E-state index contributed by atoms with van der Waals surface area (Å²) in [5.74, 6) is 0. The van der Waals surface area contributed by atoms with Gasteiger partial charge in [0.25, 0.3) is 0 Å². The van der Waals surface area contributed by atoms with E-state index < -0.39 is 0 Å². The van der Waals surface area contributed by atoms with Crippen LogP contribution < -0.4 is 0 Å². The molecule has 0 bridgehead atoms. The maximum Gasteiger partial charge on any atom is 0.482 e. The number of hydrogen-bond donors (Lipinski definition) is 2. The molecule has 0 aliphatic heterocycles. The van der Waals surface area contributed by atoms with Crippen LogP contribution in [0.25, 0.3) is 0 Å². The molecule has 0 heterocycles. The lowest BCUT2D eigenvalue weighted by Crippen LogP contribution is -2.21. The predicted octanol–water partition coefficient (Wildman–Crippen LogP) is 1.03. The summed E-state index contributed by atoms with van der Waals surface area (Å²) < 4.78 is 0. The number of benzene rings is 1. The van der Waals surface area contributed by atoms with Gasteiger partial charge >= 0.3 is 7.69 Å². The Balaban J connectivity index is 0.000000583. The molecule has 1 aromatic carbocycles. The van der Waals surface area contributed by atoms with Gasteiger partial charge in [0.1, 0.15) is 0 Å². The van der Waals surface area contributed by atoms with Gasteiger partial charge in [-0.05, 0) is 18.7 Å². The first-order valence-corrected chi connectivity index (χ1v) is 5.14. The largest absolute Gasteiger partial charge is 0.482 e. The molecule has 83 valence electrons. The Labute approximate surface area is 92.7 Å². The summed E-state index contributed by atoms with van der Waals surface area (Å²) in [5, 5.41) is 14.0. The highest BCUT2D eigenvalue weighted by Gasteiger charge is 1.98. The predicted molar refractivity (Wildman–Crippen MR) is 63.3 cm³/mol. The molecule has 0 unspecified atom stereocenters. The van der Waals surface area contributed by atoms with E-state index in [2.05, 4.69) is 49.1 Å². The average molecular weight is 208 g/mol. The second-order valence-electron chi connectivity index (χ2n) is 3.06. The van der Waals surface area contributed by atoms with Gasteiger partial charge in [-0.25, -0.2) is 0 Å². The molecule has 0 spiro atoms. The highest BCUT2D eigenvalue weighted by atomic mass is 16.4. The minimum atomic E-state index is 0. The Morgan fingerprint density at radius 2 is 1.53 bits per heavy atom. The molecule has 15 heavy (non-hydrogen) atoms. The highest BCUT2D eigenvalue weighted by molar-refractivity contribution is 6.13. The van der Waals surface area contributed by atoms with Crippen molar-refractivity contribution in [1.82, 2.24) is 4.90 Å². The molecule has 0 saturated carbocycles. The van der Waals surface area contributed by atoms with E-state index in [1.54, 1.807) is 0 Å². The summed E-state index contributed by atoms with van der Waals surface area (Å²) in [6.07, 6.45) is 0. The van der Waals surface area contributed by atoms with Crippen molar-refractivity contribution in [1.29, 1.82) is 0 Å². The highest BCUT2D eigenvalue weighted by Crippen LogP contribution is 2.02. The van der Waals surface area contributed by atoms with Crippen LogP contribution in [0.2, 0.25) is 0 Å². The van der Waals surface area contributed by atoms with E-state index in [0.717, 1.165) is 19.6 Å². The molecule has 0 atom stereocenters. The van der Waals surface area contributed by atoms with Crippen LogP contribution in [0, 0.1) is 0 Å². The third-order valence-corrected chi connectivity index (χ3v) is 2.14. The van der Waals surface area contributed by atoms with Gasteiger partial charge in [0.05, 0.1) is 0 Å². The fourth-order valence-electron chi connectivity index (χ4n) is 1.29. The molecule has 0 aliphatic carbocycles. The molecule has 4 heteroatoms. The van der Waals surface area contributed by atoms with Crippen LogP contribution in [-0.2, 0) is 6.54 Å². The molecule has 0 aromatic heterocycles. The van der Waals surface area contributed by atoms with E-state index in [1.807, 2.05) is 0 Å². The van der Waals surface area contributed by atoms with E-state index in [4.69, 9.17) is 10.0 Å². The maximum atomic E-state index is 7.00. The van der Waals surface area contributed by atoms with Gasteiger partial charge in [-0.2, -0.15) is 0 Å². The second-order valence-corrected chi connectivity index (χ2v) is 3.06. The van der Waals surface area contributed by atoms with Crippen molar-refractivity contribution in [2.45, 2.75) is 20.4 Å². The quantitative estimate of drug-likeness (QED) is 0.726. The van der Waals surface area contributed by atoms with E-state index >= 15 is 0 Å². The summed E-state index contributed by atoms with van der Waals surface area (Å²) in [7, 11) is 0. The number of hydrogen-bond acceptors (Lipinski definition) is 3. The van der Waals surface area contributed by atoms with Crippen molar-refractivity contribution in [2.24, 2.45) is 0 Å². The monoisotopic (exact) mass is 208 g/mol. The number of rotatable bonds is 4. The van der Waals surface area contributed by atoms with Crippen LogP contribution in [0.3, 0.4) is 0 Å². The Kier molecular flexibility index (Phi) is 9.17. The topological polar surface area (TPSA) is 43.7 Å². The maximum absolute atomic E-state index is 7.00. The fraction of sp³-hybridized carbons (Fsp3) is 0.455. The normalized spacial score (nSPS) is 9.40. The molecule has 1 aromatic rings. The Bertz CT molecular complexity index is 227. The number of nitrogens with zero attached hydrogens (tertiary/aromatic N) is 1. The standard InChI is InChI=1S/C11H17N.BH2O2/c1-3-12(4-2)10-11-8-6-5-7-9-11;2-1-3/h5-9H,3-4,10H2,1-2H3;2-3H. The third kappa shape index (κ3) is 7.14. The lowest BCUT2D eigenvalue weighted by atomic mass is 10.2. The molecule has 1 rings (SSSR count). The van der Waals surface area contributed by atoms with Crippen LogP contribution in [0.4, 0.5) is 0 Å². The van der Waals surface area contributed by atoms with Crippen LogP contribution in [0.15, 0.2) is 30.3 Å². The molecule has 0 saturated heterocycles. The zero-order valence-electron chi connectivity index (χ0n) is 9.43. The molecule has 0 fully saturated rings. The van der Waals surface area contributed by atoms with Gasteiger partial charge in [0.15, 0.2) is 0 Å². The zero-order valence-corrected chi connectivity index (χ0v) is 9.43. The molecule has 0 amide bonds. The SMILES string of the molecule is CCN(CC)Cc1ccccc1.O[B]O. The van der Waals surface area contributed by atoms with Gasteiger partial charge in [0.2, 0.25) is 0 Å². The molecule has 2 N–H and O–H groups in total. The minimum absolute atomic E-state index is 0. The average Bonchev–Trinajstić information content (AvgIpc) is 2.28. The zero-order chi connectivity index (χ0) is 11.5. The van der Waals surface area contributed by atoms with Crippen LogP contribution in [-0.4, -0.2) is 35.7 Å². The van der Waals surface area contributed by atoms with Gasteiger partial charge < -0.3 is 10.0 Å². The summed E-state index contributed by atoms with van der Waals surface area (Å²) >= 11 is 0. The van der Waals surface area contributed by atoms with Crippen LogP contribution in [0.5, 0.6) is 0 Å². The van der Waals surface area contributed by atoms with E-state index in [-0.39, 0.29) is 7.69 Å². The Morgan fingerprint density at radius 1 is 1.07 bits per heavy atom. The lowest BCUT2D eigenvalue weighted by molar-refractivity contribution is 0.296. The van der Waals surface area contributed by atoms with Crippen LogP contribution in [0.1, 0.15) is 19.4 Å². The van der Waals surface area contributed by atoms with Crippen molar-refractivity contribution in [3.8, 4) is 0 Å². The van der Waals surface area contributed by atoms with E-state index in [9.17, 15) is 0 Å². The lowest BCUT2D eigenvalue weighted by Gasteiger charge is -2.17. The molecule has 1 radical (unpaired) electrons. The van der Waals surface area contributed by atoms with E-state index in [1.165, 1.54) is 5.56 Å². The van der Waals surface area contributed by atoms with E-state index in [0.29, 0.717) is 0 Å². The van der Waals surface area contributed by atoms with Gasteiger partial charge in [-0.1, -0.05) is 44.2 Å². The molecule has 0 aliphatic rings. The minimum Gasteiger partial charge on any atom is -0.429 e.